The molecular weight excluding hydrogens is 393 g/mol. The SMILES string of the molecule is CC(C)(C)c1cc2c(Nc3ccc(F)c(Cl)c3)ncnc2cc1O[C@H]1CCOC1. The number of hydrogen-bond donors (Lipinski definition) is 1. The normalized spacial score (nSPS) is 16.9. The van der Waals surface area contributed by atoms with Crippen molar-refractivity contribution in [2.24, 2.45) is 0 Å². The Morgan fingerprint density at radius 1 is 1.21 bits per heavy atom. The van der Waals surface area contributed by atoms with Crippen LogP contribution >= 0.6 is 11.6 Å². The Morgan fingerprint density at radius 3 is 2.72 bits per heavy atom. The molecule has 0 bridgehead atoms. The van der Waals surface area contributed by atoms with Crippen molar-refractivity contribution in [3.63, 3.8) is 0 Å². The zero-order valence-corrected chi connectivity index (χ0v) is 17.4. The third kappa shape index (κ3) is 4.28. The zero-order chi connectivity index (χ0) is 20.6. The Morgan fingerprint density at radius 2 is 2.03 bits per heavy atom. The highest BCUT2D eigenvalue weighted by molar-refractivity contribution is 6.31. The molecule has 29 heavy (non-hydrogen) atoms. The number of fused-ring (bicyclic) bond motifs is 1. The molecule has 152 valence electrons. The quantitative estimate of drug-likeness (QED) is 0.598. The third-order valence-corrected chi connectivity index (χ3v) is 5.20. The monoisotopic (exact) mass is 415 g/mol. The standard InChI is InChI=1S/C22H23ClFN3O2/c1-22(2,3)16-9-15-19(10-20(16)29-14-6-7-28-11-14)25-12-26-21(15)27-13-4-5-18(24)17(23)8-13/h4-5,8-10,12,14H,6-7,11H2,1-3H3,(H,25,26,27)/t14-/m0/s1. The highest BCUT2D eigenvalue weighted by atomic mass is 35.5. The summed E-state index contributed by atoms with van der Waals surface area (Å²) < 4.78 is 25.2. The second kappa shape index (κ2) is 7.76. The van der Waals surface area contributed by atoms with Gasteiger partial charge in [-0.15, -0.1) is 0 Å². The summed E-state index contributed by atoms with van der Waals surface area (Å²) in [4.78, 5) is 8.82. The maximum Gasteiger partial charge on any atom is 0.141 e. The van der Waals surface area contributed by atoms with E-state index in [9.17, 15) is 4.39 Å². The van der Waals surface area contributed by atoms with E-state index in [0.717, 1.165) is 35.2 Å². The maximum atomic E-state index is 13.5. The fourth-order valence-corrected chi connectivity index (χ4v) is 3.54. The second-order valence-electron chi connectivity index (χ2n) is 8.20. The van der Waals surface area contributed by atoms with Crippen LogP contribution in [0.4, 0.5) is 15.9 Å². The molecule has 1 atom stereocenters. The Kier molecular flexibility index (Phi) is 5.32. The summed E-state index contributed by atoms with van der Waals surface area (Å²) in [5.74, 6) is 0.978. The topological polar surface area (TPSA) is 56.3 Å². The lowest BCUT2D eigenvalue weighted by Gasteiger charge is -2.25. The summed E-state index contributed by atoms with van der Waals surface area (Å²) in [6.07, 6.45) is 2.42. The summed E-state index contributed by atoms with van der Waals surface area (Å²) >= 11 is 5.91. The molecule has 7 heteroatoms. The molecule has 0 unspecified atom stereocenters. The molecule has 1 N–H and O–H groups in total. The average molecular weight is 416 g/mol. The van der Waals surface area contributed by atoms with Crippen molar-refractivity contribution >= 4 is 34.0 Å². The third-order valence-electron chi connectivity index (χ3n) is 4.91. The minimum Gasteiger partial charge on any atom is -0.488 e. The Hall–Kier alpha value is -2.44. The predicted molar refractivity (Wildman–Crippen MR) is 113 cm³/mol. The van der Waals surface area contributed by atoms with Gasteiger partial charge in [-0.05, 0) is 29.7 Å². The average Bonchev–Trinajstić information content (AvgIpc) is 3.16. The Labute approximate surface area is 174 Å². The number of nitrogens with one attached hydrogen (secondary N) is 1. The lowest BCUT2D eigenvalue weighted by Crippen LogP contribution is -2.20. The number of hydrogen-bond acceptors (Lipinski definition) is 5. The van der Waals surface area contributed by atoms with Crippen LogP contribution in [0.2, 0.25) is 5.02 Å². The van der Waals surface area contributed by atoms with Crippen LogP contribution in [-0.2, 0) is 10.2 Å². The number of nitrogens with zero attached hydrogens (tertiary/aromatic N) is 2. The fourth-order valence-electron chi connectivity index (χ4n) is 3.36. The number of benzene rings is 2. The van der Waals surface area contributed by atoms with E-state index in [0.29, 0.717) is 18.1 Å². The van der Waals surface area contributed by atoms with Gasteiger partial charge in [0, 0.05) is 29.1 Å². The molecule has 0 amide bonds. The first-order chi connectivity index (χ1) is 13.8. The molecule has 5 nitrogen and oxygen atoms in total. The minimum atomic E-state index is -0.461. The zero-order valence-electron chi connectivity index (χ0n) is 16.6. The highest BCUT2D eigenvalue weighted by Crippen LogP contribution is 2.37. The van der Waals surface area contributed by atoms with Crippen LogP contribution in [0.25, 0.3) is 10.9 Å². The van der Waals surface area contributed by atoms with Crippen molar-refractivity contribution in [3.05, 3.63) is 53.1 Å². The Balaban J connectivity index is 1.77. The molecule has 0 aliphatic carbocycles. The molecule has 1 aliphatic rings. The predicted octanol–water partition coefficient (Wildman–Crippen LogP) is 5.63. The molecule has 1 saturated heterocycles. The van der Waals surface area contributed by atoms with Crippen molar-refractivity contribution in [2.75, 3.05) is 18.5 Å². The van der Waals surface area contributed by atoms with Gasteiger partial charge in [0.05, 0.1) is 23.8 Å². The molecule has 0 saturated carbocycles. The molecular formula is C22H23ClFN3O2. The van der Waals surface area contributed by atoms with Crippen molar-refractivity contribution in [3.8, 4) is 5.75 Å². The lowest BCUT2D eigenvalue weighted by molar-refractivity contribution is 0.140. The number of anilines is 2. The van der Waals surface area contributed by atoms with Gasteiger partial charge in [-0.3, -0.25) is 0 Å². The first kappa shape index (κ1) is 19.9. The van der Waals surface area contributed by atoms with Gasteiger partial charge in [0.2, 0.25) is 0 Å². The smallest absolute Gasteiger partial charge is 0.141 e. The van der Waals surface area contributed by atoms with E-state index in [2.05, 4.69) is 42.1 Å². The molecule has 1 aliphatic heterocycles. The van der Waals surface area contributed by atoms with E-state index < -0.39 is 5.82 Å². The van der Waals surface area contributed by atoms with Crippen molar-refractivity contribution < 1.29 is 13.9 Å². The minimum absolute atomic E-state index is 0.0503. The molecule has 2 heterocycles. The van der Waals surface area contributed by atoms with Crippen LogP contribution in [-0.4, -0.2) is 29.3 Å². The summed E-state index contributed by atoms with van der Waals surface area (Å²) in [5, 5.41) is 4.13. The molecule has 2 aromatic carbocycles. The van der Waals surface area contributed by atoms with Gasteiger partial charge in [0.15, 0.2) is 0 Å². The largest absolute Gasteiger partial charge is 0.488 e. The van der Waals surface area contributed by atoms with Gasteiger partial charge in [-0.2, -0.15) is 0 Å². The van der Waals surface area contributed by atoms with Crippen molar-refractivity contribution in [1.29, 1.82) is 0 Å². The van der Waals surface area contributed by atoms with Gasteiger partial charge in [-0.1, -0.05) is 32.4 Å². The first-order valence-corrected chi connectivity index (χ1v) is 9.95. The van der Waals surface area contributed by atoms with Crippen LogP contribution in [0.5, 0.6) is 5.75 Å². The molecule has 1 aromatic heterocycles. The maximum absolute atomic E-state index is 13.5. The number of ether oxygens (including phenoxy) is 2. The van der Waals surface area contributed by atoms with Crippen molar-refractivity contribution in [1.82, 2.24) is 9.97 Å². The van der Waals surface area contributed by atoms with E-state index in [1.165, 1.54) is 18.5 Å². The Bertz CT molecular complexity index is 1050. The summed E-state index contributed by atoms with van der Waals surface area (Å²) in [7, 11) is 0. The van der Waals surface area contributed by atoms with E-state index in [1.54, 1.807) is 6.07 Å². The molecule has 1 fully saturated rings. The molecule has 4 rings (SSSR count). The van der Waals surface area contributed by atoms with Gasteiger partial charge in [-0.25, -0.2) is 14.4 Å². The summed E-state index contributed by atoms with van der Waals surface area (Å²) in [6.45, 7) is 7.75. The number of halogens is 2. The fraction of sp³-hybridized carbons (Fsp3) is 0.364. The van der Waals surface area contributed by atoms with Gasteiger partial charge >= 0.3 is 0 Å². The van der Waals surface area contributed by atoms with E-state index >= 15 is 0 Å². The molecule has 0 radical (unpaired) electrons. The van der Waals surface area contributed by atoms with Crippen LogP contribution < -0.4 is 10.1 Å². The van der Waals surface area contributed by atoms with Crippen LogP contribution in [0, 0.1) is 5.82 Å². The van der Waals surface area contributed by atoms with Crippen LogP contribution in [0.3, 0.4) is 0 Å². The number of aromatic nitrogens is 2. The highest BCUT2D eigenvalue weighted by Gasteiger charge is 2.25. The second-order valence-corrected chi connectivity index (χ2v) is 8.60. The molecule has 0 spiro atoms. The summed E-state index contributed by atoms with van der Waals surface area (Å²) in [6, 6.07) is 8.50. The first-order valence-electron chi connectivity index (χ1n) is 9.57. The van der Waals surface area contributed by atoms with E-state index in [1.807, 2.05) is 6.07 Å². The van der Waals surface area contributed by atoms with Crippen molar-refractivity contribution in [2.45, 2.75) is 38.7 Å². The molecule has 3 aromatic rings. The van der Waals surface area contributed by atoms with Gasteiger partial charge < -0.3 is 14.8 Å². The van der Waals surface area contributed by atoms with E-state index in [4.69, 9.17) is 21.1 Å². The number of rotatable bonds is 4. The van der Waals surface area contributed by atoms with Crippen LogP contribution in [0.15, 0.2) is 36.7 Å². The van der Waals surface area contributed by atoms with Crippen LogP contribution in [0.1, 0.15) is 32.8 Å². The summed E-state index contributed by atoms with van der Waals surface area (Å²) in [5.41, 5.74) is 2.33. The van der Waals surface area contributed by atoms with Gasteiger partial charge in [0.1, 0.15) is 29.8 Å². The van der Waals surface area contributed by atoms with Gasteiger partial charge in [0.25, 0.3) is 0 Å². The van der Waals surface area contributed by atoms with E-state index in [-0.39, 0.29) is 16.5 Å². The lowest BCUT2D eigenvalue weighted by atomic mass is 9.85.